The summed E-state index contributed by atoms with van der Waals surface area (Å²) in [5.74, 6) is -0.176. The number of carbonyl (C=O) groups is 2. The van der Waals surface area contributed by atoms with E-state index in [-0.39, 0.29) is 42.4 Å². The number of likely N-dealkylation sites (N-methyl/N-ethyl adjacent to an activating group) is 1. The Labute approximate surface area is 150 Å². The lowest BCUT2D eigenvalue weighted by Crippen LogP contribution is -2.50. The van der Waals surface area contributed by atoms with E-state index in [9.17, 15) is 14.9 Å². The third-order valence-electron chi connectivity index (χ3n) is 5.11. The maximum Gasteiger partial charge on any atom is 0.236 e. The highest BCUT2D eigenvalue weighted by Crippen LogP contribution is 2.46. The van der Waals surface area contributed by atoms with Gasteiger partial charge in [-0.1, -0.05) is 23.9 Å². The molecule has 6 nitrogen and oxygen atoms in total. The molecule has 1 amide bonds. The number of hydrogen-bond donors (Lipinski definition) is 0. The third kappa shape index (κ3) is 2.62. The molecule has 2 aliphatic heterocycles. The minimum Gasteiger partial charge on any atom is -0.340 e. The van der Waals surface area contributed by atoms with Gasteiger partial charge in [0.25, 0.3) is 0 Å². The number of fused-ring (bicyclic) bond motifs is 2. The first-order valence-corrected chi connectivity index (χ1v) is 9.00. The van der Waals surface area contributed by atoms with Gasteiger partial charge in [-0.15, -0.1) is 0 Å². The van der Waals surface area contributed by atoms with E-state index in [2.05, 4.69) is 6.07 Å². The van der Waals surface area contributed by atoms with Crippen LogP contribution in [0.4, 0.5) is 5.69 Å². The van der Waals surface area contributed by atoms with Crippen LogP contribution in [0.25, 0.3) is 0 Å². The van der Waals surface area contributed by atoms with Gasteiger partial charge in [0, 0.05) is 31.1 Å². The molecule has 1 aliphatic carbocycles. The number of anilines is 1. The highest BCUT2D eigenvalue weighted by atomic mass is 32.2. The number of piperazine rings is 1. The van der Waals surface area contributed by atoms with Crippen LogP contribution >= 0.6 is 11.8 Å². The summed E-state index contributed by atoms with van der Waals surface area (Å²) in [4.78, 5) is 31.4. The third-order valence-corrected chi connectivity index (χ3v) is 6.35. The molecule has 0 spiro atoms. The Morgan fingerprint density at radius 2 is 2.08 bits per heavy atom. The molecule has 1 aromatic rings. The number of ketones is 1. The quantitative estimate of drug-likeness (QED) is 0.605. The van der Waals surface area contributed by atoms with Crippen molar-refractivity contribution < 1.29 is 9.59 Å². The number of nitriles is 1. The van der Waals surface area contributed by atoms with Gasteiger partial charge in [0.2, 0.25) is 5.91 Å². The summed E-state index contributed by atoms with van der Waals surface area (Å²) in [7, 11) is 3.69. The Morgan fingerprint density at radius 3 is 2.80 bits per heavy atom. The summed E-state index contributed by atoms with van der Waals surface area (Å²) in [5, 5.41) is 10.3. The molecule has 2 atom stereocenters. The molecule has 4 rings (SSSR count). The second-order valence-corrected chi connectivity index (χ2v) is 7.65. The monoisotopic (exact) mass is 354 g/mol. The molecule has 0 N–H and O–H groups in total. The van der Waals surface area contributed by atoms with Crippen molar-refractivity contribution in [1.82, 2.24) is 9.80 Å². The largest absolute Gasteiger partial charge is 0.340 e. The highest BCUT2D eigenvalue weighted by molar-refractivity contribution is 8.03. The number of nitrogens with zero attached hydrogens (tertiary/aromatic N) is 4. The van der Waals surface area contributed by atoms with Crippen LogP contribution in [0, 0.1) is 11.3 Å². The van der Waals surface area contributed by atoms with Gasteiger partial charge in [-0.05, 0) is 18.6 Å². The first-order chi connectivity index (χ1) is 12.0. The predicted octanol–water partition coefficient (Wildman–Crippen LogP) is 1.45. The first kappa shape index (κ1) is 16.2. The molecule has 1 saturated heterocycles. The van der Waals surface area contributed by atoms with Crippen molar-refractivity contribution in [2.45, 2.75) is 23.4 Å². The molecule has 2 fully saturated rings. The van der Waals surface area contributed by atoms with Crippen LogP contribution in [0.3, 0.4) is 0 Å². The van der Waals surface area contributed by atoms with Gasteiger partial charge in [0.15, 0.2) is 5.78 Å². The summed E-state index contributed by atoms with van der Waals surface area (Å²) < 4.78 is 0. The number of para-hydroxylation sites is 1. The van der Waals surface area contributed by atoms with Crippen molar-refractivity contribution in [2.75, 3.05) is 32.1 Å². The first-order valence-electron chi connectivity index (χ1n) is 8.19. The van der Waals surface area contributed by atoms with E-state index in [0.29, 0.717) is 5.03 Å². The van der Waals surface area contributed by atoms with Gasteiger partial charge in [-0.3, -0.25) is 14.5 Å². The Kier molecular flexibility index (Phi) is 3.82. The van der Waals surface area contributed by atoms with E-state index in [0.717, 1.165) is 17.0 Å². The molecular formula is C18H18N4O2S. The summed E-state index contributed by atoms with van der Waals surface area (Å²) in [6, 6.07) is 10.4. The van der Waals surface area contributed by atoms with E-state index in [1.807, 2.05) is 48.2 Å². The minimum atomic E-state index is -0.215. The van der Waals surface area contributed by atoms with Crippen LogP contribution in [0.1, 0.15) is 6.42 Å². The van der Waals surface area contributed by atoms with Crippen molar-refractivity contribution in [2.24, 2.45) is 0 Å². The Hall–Kier alpha value is -2.30. The summed E-state index contributed by atoms with van der Waals surface area (Å²) in [6.45, 7) is 0.374. The fourth-order valence-electron chi connectivity index (χ4n) is 3.55. The lowest BCUT2D eigenvalue weighted by molar-refractivity contribution is -0.135. The van der Waals surface area contributed by atoms with Crippen LogP contribution < -0.4 is 4.90 Å². The van der Waals surface area contributed by atoms with Crippen molar-refractivity contribution in [3.8, 4) is 6.07 Å². The maximum atomic E-state index is 12.8. The molecule has 1 aromatic carbocycles. The number of rotatable bonds is 3. The molecule has 0 aromatic heterocycles. The number of carbonyl (C=O) groups excluding carboxylic acids is 2. The second-order valence-electron chi connectivity index (χ2n) is 6.62. The summed E-state index contributed by atoms with van der Waals surface area (Å²) in [6.07, 6.45) is 0.911. The molecule has 0 unspecified atom stereocenters. The molecule has 0 bridgehead atoms. The molecular weight excluding hydrogens is 336 g/mol. The Balaban J connectivity index is 1.55. The van der Waals surface area contributed by atoms with Gasteiger partial charge in [0.05, 0.1) is 18.8 Å². The maximum absolute atomic E-state index is 12.8. The zero-order valence-corrected chi connectivity index (χ0v) is 14.9. The van der Waals surface area contributed by atoms with Crippen molar-refractivity contribution in [3.63, 3.8) is 0 Å². The lowest BCUT2D eigenvalue weighted by atomic mass is 10.1. The van der Waals surface area contributed by atoms with E-state index in [1.165, 1.54) is 11.8 Å². The van der Waals surface area contributed by atoms with Crippen LogP contribution in [0.15, 0.2) is 39.8 Å². The average Bonchev–Trinajstić information content (AvgIpc) is 3.34. The van der Waals surface area contributed by atoms with Gasteiger partial charge in [-0.25, -0.2) is 0 Å². The van der Waals surface area contributed by atoms with Crippen LogP contribution in [0.5, 0.6) is 0 Å². The number of amides is 1. The lowest BCUT2D eigenvalue weighted by Gasteiger charge is -2.30. The van der Waals surface area contributed by atoms with Gasteiger partial charge in [0.1, 0.15) is 16.7 Å². The SMILES string of the molecule is CN1/C(=C(\C#N)C(=O)CN2CC(=O)N(C)[C@@H]3C[C@@H]32)Sc2ccccc21. The Bertz CT molecular complexity index is 844. The molecule has 2 heterocycles. The molecule has 25 heavy (non-hydrogen) atoms. The zero-order chi connectivity index (χ0) is 17.7. The van der Waals surface area contributed by atoms with Gasteiger partial charge < -0.3 is 9.80 Å². The van der Waals surface area contributed by atoms with Crippen LogP contribution in [0.2, 0.25) is 0 Å². The number of benzene rings is 1. The topological polar surface area (TPSA) is 67.6 Å². The van der Waals surface area contributed by atoms with Gasteiger partial charge in [-0.2, -0.15) is 5.26 Å². The standard InChI is InChI=1S/C18H18N4O2S/c1-20-13-7-14(13)22(10-17(20)24)9-15(23)11(8-19)18-21(2)12-5-3-4-6-16(12)25-18/h3-6,13-14H,7,9-10H2,1-2H3/b18-11-/t13-,14+/m1/s1. The number of thioether (sulfide) groups is 1. The molecule has 7 heteroatoms. The van der Waals surface area contributed by atoms with E-state index in [1.54, 1.807) is 4.90 Å². The normalized spacial score (nSPS) is 26.8. The van der Waals surface area contributed by atoms with Crippen LogP contribution in [-0.4, -0.2) is 60.8 Å². The van der Waals surface area contributed by atoms with Gasteiger partial charge >= 0.3 is 0 Å². The van der Waals surface area contributed by atoms with Crippen LogP contribution in [-0.2, 0) is 9.59 Å². The minimum absolute atomic E-state index is 0.0393. The van der Waals surface area contributed by atoms with E-state index in [4.69, 9.17) is 0 Å². The summed E-state index contributed by atoms with van der Waals surface area (Å²) in [5.41, 5.74) is 1.17. The summed E-state index contributed by atoms with van der Waals surface area (Å²) >= 11 is 1.45. The molecule has 1 saturated carbocycles. The average molecular weight is 354 g/mol. The number of Topliss-reactive ketones (excluding diaryl/α,β-unsaturated/α-hetero) is 1. The Morgan fingerprint density at radius 1 is 1.32 bits per heavy atom. The second kappa shape index (κ2) is 5.90. The van der Waals surface area contributed by atoms with E-state index >= 15 is 0 Å². The van der Waals surface area contributed by atoms with E-state index < -0.39 is 0 Å². The fourth-order valence-corrected chi connectivity index (χ4v) is 4.71. The predicted molar refractivity (Wildman–Crippen MR) is 94.9 cm³/mol. The van der Waals surface area contributed by atoms with Crippen molar-refractivity contribution in [3.05, 3.63) is 34.9 Å². The number of hydrogen-bond acceptors (Lipinski definition) is 6. The highest BCUT2D eigenvalue weighted by Gasteiger charge is 2.51. The molecule has 128 valence electrons. The zero-order valence-electron chi connectivity index (χ0n) is 14.1. The fraction of sp³-hybridized carbons (Fsp3) is 0.389. The van der Waals surface area contributed by atoms with Crippen molar-refractivity contribution in [1.29, 1.82) is 5.26 Å². The van der Waals surface area contributed by atoms with Crippen molar-refractivity contribution >= 4 is 29.1 Å². The molecule has 3 aliphatic rings. The molecule has 0 radical (unpaired) electrons. The smallest absolute Gasteiger partial charge is 0.236 e.